The van der Waals surface area contributed by atoms with Gasteiger partial charge < -0.3 is 9.47 Å². The summed E-state index contributed by atoms with van der Waals surface area (Å²) in [4.78, 5) is 25.4. The topological polar surface area (TPSA) is 134 Å². The Hall–Kier alpha value is -3.05. The van der Waals surface area contributed by atoms with E-state index < -0.39 is 10.0 Å². The van der Waals surface area contributed by atoms with Crippen LogP contribution in [0.15, 0.2) is 29.2 Å². The van der Waals surface area contributed by atoms with Crippen molar-refractivity contribution in [2.45, 2.75) is 4.90 Å². The minimum Gasteiger partial charge on any atom is -0.477 e. The molecule has 0 aliphatic carbocycles. The van der Waals surface area contributed by atoms with Gasteiger partial charge in [-0.05, 0) is 6.07 Å². The molecule has 0 saturated carbocycles. The molecule has 10 nitrogen and oxygen atoms in total. The van der Waals surface area contributed by atoms with Gasteiger partial charge in [-0.15, -0.1) is 0 Å². The fraction of sp³-hybridized carbons (Fsp3) is 0.200. The minimum absolute atomic E-state index is 0.0702. The summed E-state index contributed by atoms with van der Waals surface area (Å²) in [5, 5.41) is 5.72. The lowest BCUT2D eigenvalue weighted by Crippen LogP contribution is -2.13. The van der Waals surface area contributed by atoms with Crippen LogP contribution < -0.4 is 14.6 Å². The highest BCUT2D eigenvalue weighted by Gasteiger charge is 2.28. The first-order valence-electron chi connectivity index (χ1n) is 7.21. The number of benzene rings is 2. The van der Waals surface area contributed by atoms with E-state index in [0.717, 1.165) is 7.11 Å². The maximum atomic E-state index is 12.2. The molecule has 2 aromatic carbocycles. The van der Waals surface area contributed by atoms with Gasteiger partial charge in [-0.2, -0.15) is 0 Å². The number of sulfonamides is 1. The Bertz CT molecular complexity index is 1150. The number of methoxy groups -OCH3 is 2. The van der Waals surface area contributed by atoms with Crippen molar-refractivity contribution in [3.8, 4) is 11.8 Å². The van der Waals surface area contributed by atoms with Gasteiger partial charge in [0.05, 0.1) is 29.4 Å². The number of primary sulfonamides is 1. The van der Waals surface area contributed by atoms with E-state index in [9.17, 15) is 13.3 Å². The van der Waals surface area contributed by atoms with Crippen LogP contribution in [0.4, 0.5) is 5.69 Å². The highest BCUT2D eigenvalue weighted by atomic mass is 32.2. The number of aromatic nitrogens is 2. The summed E-state index contributed by atoms with van der Waals surface area (Å²) in [5.74, 6) is 0.226. The van der Waals surface area contributed by atoms with E-state index in [-0.39, 0.29) is 38.2 Å². The molecule has 1 aromatic heterocycles. The number of hydrogen-bond acceptors (Lipinski definition) is 8. The Morgan fingerprint density at radius 2 is 1.73 bits per heavy atom. The molecule has 11 heteroatoms. The molecule has 136 valence electrons. The fourth-order valence-corrected chi connectivity index (χ4v) is 3.42. The lowest BCUT2D eigenvalue weighted by atomic mass is 10.1. The first-order valence-corrected chi connectivity index (χ1v) is 8.76. The minimum atomic E-state index is -4.12. The molecule has 3 aromatic rings. The Morgan fingerprint density at radius 1 is 1.08 bits per heavy atom. The molecule has 0 fully saturated rings. The number of hydrogen-bond donors (Lipinski definition) is 1. The molecular weight excluding hydrogens is 364 g/mol. The van der Waals surface area contributed by atoms with Gasteiger partial charge in [0.2, 0.25) is 10.0 Å². The summed E-state index contributed by atoms with van der Waals surface area (Å²) in [6.45, 7) is 0. The second-order valence-electron chi connectivity index (χ2n) is 5.17. The first kappa shape index (κ1) is 17.8. The van der Waals surface area contributed by atoms with Gasteiger partial charge in [0.25, 0.3) is 16.7 Å². The van der Waals surface area contributed by atoms with Gasteiger partial charge in [0.1, 0.15) is 11.0 Å². The predicted octanol–water partition coefficient (Wildman–Crippen LogP) is 1.42. The number of ether oxygens (including phenoxy) is 2. The van der Waals surface area contributed by atoms with Crippen LogP contribution in [-0.2, 0) is 14.9 Å². The fourth-order valence-electron chi connectivity index (χ4n) is 2.66. The predicted molar refractivity (Wildman–Crippen MR) is 91.8 cm³/mol. The molecule has 0 aliphatic rings. The number of rotatable bonds is 5. The van der Waals surface area contributed by atoms with Crippen LogP contribution in [0.1, 0.15) is 0 Å². The number of nitrogens with zero attached hydrogens (tertiary/aromatic N) is 3. The average molecular weight is 379 g/mol. The van der Waals surface area contributed by atoms with Gasteiger partial charge in [-0.1, -0.05) is 12.1 Å². The largest absolute Gasteiger partial charge is 0.477 e. The molecule has 3 rings (SSSR count). The first-order chi connectivity index (χ1) is 12.3. The van der Waals surface area contributed by atoms with Crippen molar-refractivity contribution in [3.63, 3.8) is 0 Å². The van der Waals surface area contributed by atoms with Gasteiger partial charge in [-0.25, -0.2) is 28.4 Å². The lowest BCUT2D eigenvalue weighted by molar-refractivity contribution is -0.735. The third-order valence-electron chi connectivity index (χ3n) is 3.73. The second kappa shape index (κ2) is 6.35. The maximum Gasteiger partial charge on any atom is 0.328 e. The molecule has 2 N–H and O–H groups in total. The van der Waals surface area contributed by atoms with Crippen molar-refractivity contribution >= 4 is 37.5 Å². The van der Waals surface area contributed by atoms with E-state index >= 15 is 0 Å². The van der Waals surface area contributed by atoms with E-state index in [4.69, 9.17) is 19.5 Å². The molecule has 0 spiro atoms. The quantitative estimate of drug-likeness (QED) is 0.520. The van der Waals surface area contributed by atoms with E-state index in [1.807, 2.05) is 0 Å². The Kier molecular flexibility index (Phi) is 4.34. The molecule has 0 amide bonds. The Balaban J connectivity index is 2.59. The van der Waals surface area contributed by atoms with Crippen molar-refractivity contribution < 1.29 is 27.7 Å². The number of fused-ring (bicyclic) bond motifs is 3. The summed E-state index contributed by atoms with van der Waals surface area (Å²) in [6, 6.07) is 5.73. The molecule has 26 heavy (non-hydrogen) atoms. The summed E-state index contributed by atoms with van der Waals surface area (Å²) in [6.07, 6.45) is 0. The van der Waals surface area contributed by atoms with E-state index in [0.29, 0.717) is 10.9 Å². The average Bonchev–Trinajstić information content (AvgIpc) is 2.64. The third kappa shape index (κ3) is 2.76. The third-order valence-corrected chi connectivity index (χ3v) is 4.68. The zero-order valence-electron chi connectivity index (χ0n) is 14.1. The van der Waals surface area contributed by atoms with Gasteiger partial charge >= 0.3 is 5.69 Å². The molecule has 0 bridgehead atoms. The van der Waals surface area contributed by atoms with Gasteiger partial charge in [0.15, 0.2) is 7.11 Å². The lowest BCUT2D eigenvalue weighted by Gasteiger charge is -2.10. The molecule has 0 saturated heterocycles. The maximum absolute atomic E-state index is 12.2. The molecule has 0 unspecified atom stereocenters. The highest BCUT2D eigenvalue weighted by Crippen LogP contribution is 2.38. The molecule has 0 atom stereocenters. The number of nitrogens with two attached hydrogens (primary N) is 1. The monoisotopic (exact) mass is 379 g/mol. The van der Waals surface area contributed by atoms with E-state index in [2.05, 4.69) is 9.97 Å². The smallest absolute Gasteiger partial charge is 0.328 e. The normalized spacial score (nSPS) is 11.5. The summed E-state index contributed by atoms with van der Waals surface area (Å²) < 4.78 is 34.3. The van der Waals surface area contributed by atoms with Crippen LogP contribution in [0.25, 0.3) is 21.8 Å². The van der Waals surface area contributed by atoms with E-state index in [1.54, 1.807) is 6.07 Å². The van der Waals surface area contributed by atoms with Gasteiger partial charge in [0, 0.05) is 11.5 Å². The zero-order valence-corrected chi connectivity index (χ0v) is 14.9. The van der Waals surface area contributed by atoms with Crippen molar-refractivity contribution in [1.29, 1.82) is 0 Å². The summed E-state index contributed by atoms with van der Waals surface area (Å²) in [5.41, 5.74) is 0.521. The molecule has 1 heterocycles. The van der Waals surface area contributed by atoms with Crippen LogP contribution >= 0.6 is 0 Å². The standard InChI is InChI=1S/C15H15N4O6S/c1-23-14-15(24-2)18-13-8-5-4-6-11(26(16,21)22)12(8)10(19(20)25-3)7-9(13)17-14/h4-7H,1-3H3,(H2,16,21,22)/q+1. The van der Waals surface area contributed by atoms with Crippen molar-refractivity contribution in [1.82, 2.24) is 9.97 Å². The highest BCUT2D eigenvalue weighted by molar-refractivity contribution is 7.89. The van der Waals surface area contributed by atoms with Crippen molar-refractivity contribution in [3.05, 3.63) is 29.2 Å². The van der Waals surface area contributed by atoms with Crippen molar-refractivity contribution in [2.75, 3.05) is 21.3 Å². The van der Waals surface area contributed by atoms with Crippen LogP contribution in [0.3, 0.4) is 0 Å². The Labute approximate surface area is 148 Å². The van der Waals surface area contributed by atoms with Gasteiger partial charge in [-0.3, -0.25) is 0 Å². The van der Waals surface area contributed by atoms with Crippen LogP contribution in [0, 0.1) is 4.91 Å². The zero-order chi connectivity index (χ0) is 19.1. The Morgan fingerprint density at radius 3 is 2.31 bits per heavy atom. The summed E-state index contributed by atoms with van der Waals surface area (Å²) >= 11 is 0. The van der Waals surface area contributed by atoms with Crippen LogP contribution in [0.5, 0.6) is 11.8 Å². The van der Waals surface area contributed by atoms with E-state index in [1.165, 1.54) is 32.4 Å². The van der Waals surface area contributed by atoms with Crippen LogP contribution in [-0.4, -0.2) is 44.6 Å². The summed E-state index contributed by atoms with van der Waals surface area (Å²) in [7, 11) is -0.165. The van der Waals surface area contributed by atoms with Crippen LogP contribution in [0.2, 0.25) is 0 Å². The van der Waals surface area contributed by atoms with Crippen molar-refractivity contribution in [2.24, 2.45) is 5.14 Å². The molecule has 0 aliphatic heterocycles. The molecule has 0 radical (unpaired) electrons. The molecular formula is C15H15N4O6S+. The second-order valence-corrected chi connectivity index (χ2v) is 6.70. The SMILES string of the molecule is COc1nc2cc([N+](=O)OC)c3c(S(N)(=O)=O)cccc3c2nc1OC.